The Morgan fingerprint density at radius 3 is 1.67 bits per heavy atom. The van der Waals surface area contributed by atoms with Gasteiger partial charge in [-0.1, -0.05) is 38.1 Å². The molecule has 0 saturated carbocycles. The van der Waals surface area contributed by atoms with Crippen LogP contribution >= 0.6 is 23.5 Å². The number of halogens is 2. The zero-order valence-corrected chi connectivity index (χ0v) is 40.5. The third-order valence-corrected chi connectivity index (χ3v) is 11.5. The summed E-state index contributed by atoms with van der Waals surface area (Å²) in [6.45, 7) is 12.7. The standard InChI is InChI=1S/C29H37FN6O3S.C20H22FN5S/c1-7-14-31-25-20(17-32-27(35-25)34-22-11-8-10-21(30)15-22)18-40-24-13-9-12-23(16-24)33-26(37)19(2)36(6)28(38)39-29(3,4)5;1-2-9-23-19-14(13-27-18-8-4-6-16(22)11-18)12-24-20(26-19)25-17-7-3-5-15(21)10-17/h8-13,15-17,19H,7,14,18H2,1-6H3,(H,33,37)(H2,31,32,34,35);3-8,10-12H,2,9,13,22H2,1H3,(H2,23,24,25,26)/t19-;/m0./s1. The summed E-state index contributed by atoms with van der Waals surface area (Å²) in [5.41, 5.74) is 9.64. The normalized spacial score (nSPS) is 11.4. The number of nitrogens with two attached hydrogens (primary N) is 1. The summed E-state index contributed by atoms with van der Waals surface area (Å²) in [6.07, 6.45) is 4.89. The van der Waals surface area contributed by atoms with Gasteiger partial charge in [0.05, 0.1) is 0 Å². The van der Waals surface area contributed by atoms with E-state index in [-0.39, 0.29) is 17.5 Å². The van der Waals surface area contributed by atoms with Gasteiger partial charge in [0, 0.05) is 87.7 Å². The highest BCUT2D eigenvalue weighted by atomic mass is 32.2. The van der Waals surface area contributed by atoms with E-state index in [1.807, 2.05) is 42.5 Å². The Hall–Kier alpha value is -6.66. The first-order chi connectivity index (χ1) is 32.1. The number of carbonyl (C=O) groups is 2. The molecule has 6 aromatic rings. The Balaban J connectivity index is 0.000000270. The van der Waals surface area contributed by atoms with Crippen LogP contribution < -0.4 is 32.3 Å². The predicted molar refractivity (Wildman–Crippen MR) is 269 cm³/mol. The minimum Gasteiger partial charge on any atom is -0.444 e. The number of likely N-dealkylation sites (N-methyl/N-ethyl adjacent to an activating group) is 1. The number of anilines is 8. The molecular formula is C49H59F2N11O3S2. The Morgan fingerprint density at radius 2 is 1.19 bits per heavy atom. The van der Waals surface area contributed by atoms with Crippen LogP contribution in [0, 0.1) is 11.6 Å². The van der Waals surface area contributed by atoms with Crippen molar-refractivity contribution in [3.05, 3.63) is 132 Å². The van der Waals surface area contributed by atoms with Crippen molar-refractivity contribution in [2.45, 2.75) is 87.3 Å². The number of carbonyl (C=O) groups excluding carboxylic acids is 2. The molecule has 1 atom stereocenters. The Morgan fingerprint density at radius 1 is 0.716 bits per heavy atom. The summed E-state index contributed by atoms with van der Waals surface area (Å²) in [5.74, 6) is 2.61. The summed E-state index contributed by atoms with van der Waals surface area (Å²) in [7, 11) is 1.54. The van der Waals surface area contributed by atoms with E-state index in [0.717, 1.165) is 64.1 Å². The van der Waals surface area contributed by atoms with Crippen LogP contribution in [0.1, 0.15) is 65.5 Å². The van der Waals surface area contributed by atoms with Crippen molar-refractivity contribution < 1.29 is 23.1 Å². The number of nitrogens with one attached hydrogen (secondary N) is 5. The summed E-state index contributed by atoms with van der Waals surface area (Å²) in [5, 5.41) is 15.7. The van der Waals surface area contributed by atoms with Gasteiger partial charge >= 0.3 is 6.09 Å². The summed E-state index contributed by atoms with van der Waals surface area (Å²) >= 11 is 3.25. The zero-order valence-electron chi connectivity index (χ0n) is 38.8. The van der Waals surface area contributed by atoms with Crippen LogP contribution in [0.3, 0.4) is 0 Å². The molecular weight excluding hydrogens is 893 g/mol. The number of ether oxygens (including phenoxy) is 1. The lowest BCUT2D eigenvalue weighted by atomic mass is 10.2. The molecule has 0 aliphatic carbocycles. The predicted octanol–water partition coefficient (Wildman–Crippen LogP) is 11.7. The van der Waals surface area contributed by atoms with E-state index in [0.29, 0.717) is 40.5 Å². The largest absolute Gasteiger partial charge is 0.444 e. The van der Waals surface area contributed by atoms with Crippen LogP contribution in [0.15, 0.2) is 119 Å². The van der Waals surface area contributed by atoms with Crippen molar-refractivity contribution in [3.63, 3.8) is 0 Å². The lowest BCUT2D eigenvalue weighted by Gasteiger charge is -2.28. The fraction of sp³-hybridized carbons (Fsp3) is 0.306. The second-order valence-electron chi connectivity index (χ2n) is 16.2. The van der Waals surface area contributed by atoms with Crippen LogP contribution in [0.25, 0.3) is 0 Å². The van der Waals surface area contributed by atoms with Gasteiger partial charge in [-0.25, -0.2) is 23.5 Å². The number of thioether (sulfide) groups is 2. The third-order valence-electron chi connectivity index (χ3n) is 9.37. The van der Waals surface area contributed by atoms with Crippen molar-refractivity contribution in [2.24, 2.45) is 0 Å². The summed E-state index contributed by atoms with van der Waals surface area (Å²) < 4.78 is 32.3. The highest BCUT2D eigenvalue weighted by Crippen LogP contribution is 2.30. The molecule has 14 nitrogen and oxygen atoms in total. The number of hydrogen-bond acceptors (Lipinski definition) is 14. The molecule has 4 aromatic carbocycles. The molecule has 7 N–H and O–H groups in total. The molecule has 0 fully saturated rings. The average Bonchev–Trinajstić information content (AvgIpc) is 3.29. The first-order valence-corrected chi connectivity index (χ1v) is 23.8. The van der Waals surface area contributed by atoms with Crippen LogP contribution in [0.5, 0.6) is 0 Å². The van der Waals surface area contributed by atoms with E-state index in [2.05, 4.69) is 60.4 Å². The van der Waals surface area contributed by atoms with Crippen molar-refractivity contribution >= 4 is 81.8 Å². The summed E-state index contributed by atoms with van der Waals surface area (Å²) in [6, 6.07) is 26.9. The van der Waals surface area contributed by atoms with Crippen LogP contribution in [0.4, 0.5) is 59.9 Å². The second kappa shape index (κ2) is 25.3. The molecule has 354 valence electrons. The fourth-order valence-electron chi connectivity index (χ4n) is 5.83. The first kappa shape index (κ1) is 51.3. The van der Waals surface area contributed by atoms with Crippen LogP contribution in [0.2, 0.25) is 0 Å². The monoisotopic (exact) mass is 951 g/mol. The van der Waals surface area contributed by atoms with E-state index >= 15 is 0 Å². The molecule has 0 bridgehead atoms. The van der Waals surface area contributed by atoms with E-state index in [1.165, 1.54) is 36.2 Å². The maximum atomic E-state index is 13.6. The number of amides is 2. The topological polar surface area (TPSA) is 184 Å². The Labute approximate surface area is 400 Å². The van der Waals surface area contributed by atoms with Crippen LogP contribution in [-0.4, -0.2) is 68.6 Å². The van der Waals surface area contributed by atoms with Crippen molar-refractivity contribution in [1.29, 1.82) is 0 Å². The Kier molecular flexibility index (Phi) is 19.4. The molecule has 0 unspecified atom stereocenters. The van der Waals surface area contributed by atoms with E-state index in [1.54, 1.807) is 93.9 Å². The van der Waals surface area contributed by atoms with Gasteiger partial charge in [0.2, 0.25) is 17.8 Å². The van der Waals surface area contributed by atoms with E-state index in [9.17, 15) is 18.4 Å². The minimum absolute atomic E-state index is 0.306. The van der Waals surface area contributed by atoms with Gasteiger partial charge in [0.15, 0.2) is 0 Å². The number of aromatic nitrogens is 4. The highest BCUT2D eigenvalue weighted by Gasteiger charge is 2.27. The average molecular weight is 952 g/mol. The smallest absolute Gasteiger partial charge is 0.410 e. The molecule has 0 spiro atoms. The second-order valence-corrected chi connectivity index (χ2v) is 18.3. The molecule has 18 heteroatoms. The molecule has 0 radical (unpaired) electrons. The molecule has 67 heavy (non-hydrogen) atoms. The number of nitrogens with zero attached hydrogens (tertiary/aromatic N) is 5. The minimum atomic E-state index is -0.727. The number of hydrogen-bond donors (Lipinski definition) is 6. The van der Waals surface area contributed by atoms with Gasteiger partial charge in [-0.3, -0.25) is 9.69 Å². The molecule has 0 saturated heterocycles. The molecule has 2 aromatic heterocycles. The van der Waals surface area contributed by atoms with Crippen LogP contribution in [-0.2, 0) is 21.0 Å². The molecule has 2 amide bonds. The van der Waals surface area contributed by atoms with Gasteiger partial charge in [-0.15, -0.1) is 23.5 Å². The molecule has 2 heterocycles. The van der Waals surface area contributed by atoms with Gasteiger partial charge in [0.25, 0.3) is 0 Å². The van der Waals surface area contributed by atoms with Gasteiger partial charge in [-0.05, 0) is 113 Å². The maximum Gasteiger partial charge on any atom is 0.410 e. The Bertz CT molecular complexity index is 2570. The highest BCUT2D eigenvalue weighted by molar-refractivity contribution is 7.98. The molecule has 0 aliphatic heterocycles. The number of rotatable bonds is 19. The lowest BCUT2D eigenvalue weighted by Crippen LogP contribution is -2.45. The molecule has 0 aliphatic rings. The quantitative estimate of drug-likeness (QED) is 0.0333. The van der Waals surface area contributed by atoms with Crippen molar-refractivity contribution in [3.8, 4) is 0 Å². The van der Waals surface area contributed by atoms with Gasteiger partial charge < -0.3 is 37.1 Å². The number of nitrogen functional groups attached to an aromatic ring is 1. The first-order valence-electron chi connectivity index (χ1n) is 21.8. The van der Waals surface area contributed by atoms with E-state index < -0.39 is 17.7 Å². The van der Waals surface area contributed by atoms with E-state index in [4.69, 9.17) is 10.5 Å². The number of benzene rings is 4. The van der Waals surface area contributed by atoms with Crippen molar-refractivity contribution in [1.82, 2.24) is 24.8 Å². The van der Waals surface area contributed by atoms with Gasteiger partial charge in [0.1, 0.15) is 34.9 Å². The maximum absolute atomic E-state index is 13.6. The summed E-state index contributed by atoms with van der Waals surface area (Å²) in [4.78, 5) is 46.4. The van der Waals surface area contributed by atoms with Crippen molar-refractivity contribution in [2.75, 3.05) is 52.5 Å². The third kappa shape index (κ3) is 17.3. The lowest BCUT2D eigenvalue weighted by molar-refractivity contribution is -0.120. The van der Waals surface area contributed by atoms with Gasteiger partial charge in [-0.2, -0.15) is 9.97 Å². The fourth-order valence-corrected chi connectivity index (χ4v) is 7.68. The SMILES string of the molecule is CCCNc1nc(Nc2cccc(F)c2)ncc1CSc1cccc(N)c1.CCCNc1nc(Nc2cccc(F)c2)ncc1CSc1cccc(NC(=O)[C@H](C)N(C)C(=O)OC(C)(C)C)c1. The molecule has 6 rings (SSSR count). The zero-order chi connectivity index (χ0) is 48.3.